The standard InChI is InChI=1S/C9H15ClFNO2/c10-5-9(14)12-4-2-8(13)7(6-12)1-3-11/h7-8,13H,1-6H2. The molecule has 1 saturated heterocycles. The van der Waals surface area contributed by atoms with Gasteiger partial charge in [0, 0.05) is 19.0 Å². The second kappa shape index (κ2) is 5.51. The molecule has 1 aliphatic rings. The summed E-state index contributed by atoms with van der Waals surface area (Å²) < 4.78 is 12.1. The zero-order chi connectivity index (χ0) is 10.6. The Kier molecular flexibility index (Phi) is 4.62. The molecule has 0 saturated carbocycles. The Morgan fingerprint density at radius 2 is 2.36 bits per heavy atom. The van der Waals surface area contributed by atoms with Crippen LogP contribution in [-0.2, 0) is 4.79 Å². The largest absolute Gasteiger partial charge is 0.393 e. The number of aliphatic hydroxyl groups excluding tert-OH is 1. The highest BCUT2D eigenvalue weighted by Gasteiger charge is 2.29. The molecule has 2 atom stereocenters. The Hall–Kier alpha value is -0.350. The minimum absolute atomic E-state index is 0.0432. The zero-order valence-corrected chi connectivity index (χ0v) is 8.71. The molecule has 5 heteroatoms. The van der Waals surface area contributed by atoms with E-state index in [0.717, 1.165) is 0 Å². The molecule has 1 N–H and O–H groups in total. The van der Waals surface area contributed by atoms with Crippen molar-refractivity contribution in [1.82, 2.24) is 4.90 Å². The summed E-state index contributed by atoms with van der Waals surface area (Å²) in [7, 11) is 0. The van der Waals surface area contributed by atoms with Gasteiger partial charge in [-0.3, -0.25) is 9.18 Å². The molecule has 2 unspecified atom stereocenters. The molecule has 1 rings (SSSR count). The van der Waals surface area contributed by atoms with E-state index in [1.165, 1.54) is 0 Å². The van der Waals surface area contributed by atoms with Crippen LogP contribution in [0.15, 0.2) is 0 Å². The number of amides is 1. The van der Waals surface area contributed by atoms with Gasteiger partial charge in [-0.1, -0.05) is 0 Å². The average Bonchev–Trinajstić information content (AvgIpc) is 2.20. The molecule has 14 heavy (non-hydrogen) atoms. The van der Waals surface area contributed by atoms with Gasteiger partial charge in [0.25, 0.3) is 0 Å². The Morgan fingerprint density at radius 3 is 2.93 bits per heavy atom. The van der Waals surface area contributed by atoms with E-state index in [1.54, 1.807) is 4.90 Å². The summed E-state index contributed by atoms with van der Waals surface area (Å²) in [5.41, 5.74) is 0. The molecule has 1 heterocycles. The summed E-state index contributed by atoms with van der Waals surface area (Å²) in [6, 6.07) is 0. The maximum atomic E-state index is 12.1. The lowest BCUT2D eigenvalue weighted by atomic mass is 9.92. The van der Waals surface area contributed by atoms with E-state index in [9.17, 15) is 14.3 Å². The average molecular weight is 224 g/mol. The lowest BCUT2D eigenvalue weighted by molar-refractivity contribution is -0.132. The number of halogens is 2. The molecule has 82 valence electrons. The Labute approximate surface area is 87.8 Å². The van der Waals surface area contributed by atoms with E-state index in [2.05, 4.69) is 0 Å². The molecule has 0 aliphatic carbocycles. The van der Waals surface area contributed by atoms with Crippen LogP contribution in [-0.4, -0.2) is 47.7 Å². The molecule has 1 aliphatic heterocycles. The van der Waals surface area contributed by atoms with Crippen molar-refractivity contribution in [2.24, 2.45) is 5.92 Å². The molecular weight excluding hydrogens is 209 g/mol. The van der Waals surface area contributed by atoms with Gasteiger partial charge >= 0.3 is 0 Å². The molecule has 0 aromatic carbocycles. The predicted octanol–water partition coefficient (Wildman–Crippen LogP) is 0.794. The van der Waals surface area contributed by atoms with E-state index < -0.39 is 12.8 Å². The van der Waals surface area contributed by atoms with Crippen LogP contribution in [0.4, 0.5) is 4.39 Å². The van der Waals surface area contributed by atoms with Gasteiger partial charge in [0.05, 0.1) is 12.8 Å². The van der Waals surface area contributed by atoms with Gasteiger partial charge in [0.2, 0.25) is 5.91 Å². The molecule has 0 bridgehead atoms. The minimum Gasteiger partial charge on any atom is -0.393 e. The molecule has 1 fully saturated rings. The fourth-order valence-corrected chi connectivity index (χ4v) is 1.92. The number of nitrogens with zero attached hydrogens (tertiary/aromatic N) is 1. The van der Waals surface area contributed by atoms with Crippen LogP contribution in [0.3, 0.4) is 0 Å². The Balaban J connectivity index is 2.48. The summed E-state index contributed by atoms with van der Waals surface area (Å²) in [6.07, 6.45) is 0.352. The van der Waals surface area contributed by atoms with Crippen LogP contribution < -0.4 is 0 Å². The maximum absolute atomic E-state index is 12.1. The van der Waals surface area contributed by atoms with Crippen LogP contribution in [0.2, 0.25) is 0 Å². The Bertz CT molecular complexity index is 203. The van der Waals surface area contributed by atoms with E-state index in [-0.39, 0.29) is 17.7 Å². The fraction of sp³-hybridized carbons (Fsp3) is 0.889. The molecule has 0 aromatic heterocycles. The summed E-state index contributed by atoms with van der Waals surface area (Å²) in [6.45, 7) is 0.497. The summed E-state index contributed by atoms with van der Waals surface area (Å²) >= 11 is 5.42. The number of rotatable bonds is 3. The number of aliphatic hydroxyl groups is 1. The third-order valence-corrected chi connectivity index (χ3v) is 2.87. The number of piperidine rings is 1. The second-order valence-electron chi connectivity index (χ2n) is 3.57. The van der Waals surface area contributed by atoms with Gasteiger partial charge in [-0.05, 0) is 12.8 Å². The van der Waals surface area contributed by atoms with Crippen LogP contribution in [0.5, 0.6) is 0 Å². The van der Waals surface area contributed by atoms with E-state index >= 15 is 0 Å². The second-order valence-corrected chi connectivity index (χ2v) is 3.83. The van der Waals surface area contributed by atoms with Gasteiger partial charge in [-0.2, -0.15) is 0 Å². The molecule has 0 aromatic rings. The lowest BCUT2D eigenvalue weighted by Gasteiger charge is -2.35. The minimum atomic E-state index is -0.481. The first kappa shape index (κ1) is 11.7. The van der Waals surface area contributed by atoms with Crippen LogP contribution in [0.25, 0.3) is 0 Å². The monoisotopic (exact) mass is 223 g/mol. The van der Waals surface area contributed by atoms with E-state index in [4.69, 9.17) is 11.6 Å². The summed E-state index contributed by atoms with van der Waals surface area (Å²) in [5, 5.41) is 9.53. The molecule has 0 spiro atoms. The number of carbonyl (C=O) groups is 1. The highest BCUT2D eigenvalue weighted by atomic mass is 35.5. The highest BCUT2D eigenvalue weighted by Crippen LogP contribution is 2.20. The summed E-state index contributed by atoms with van der Waals surface area (Å²) in [4.78, 5) is 12.8. The van der Waals surface area contributed by atoms with Crippen LogP contribution >= 0.6 is 11.6 Å². The smallest absolute Gasteiger partial charge is 0.237 e. The molecule has 0 radical (unpaired) electrons. The van der Waals surface area contributed by atoms with Gasteiger partial charge in [-0.15, -0.1) is 11.6 Å². The van der Waals surface area contributed by atoms with Crippen molar-refractivity contribution < 1.29 is 14.3 Å². The number of carbonyl (C=O) groups excluding carboxylic acids is 1. The predicted molar refractivity (Wildman–Crippen MR) is 52.0 cm³/mol. The van der Waals surface area contributed by atoms with Crippen molar-refractivity contribution >= 4 is 17.5 Å². The molecule has 3 nitrogen and oxygen atoms in total. The highest BCUT2D eigenvalue weighted by molar-refractivity contribution is 6.27. The third kappa shape index (κ3) is 2.82. The first-order valence-electron chi connectivity index (χ1n) is 4.76. The number of likely N-dealkylation sites (tertiary alicyclic amines) is 1. The van der Waals surface area contributed by atoms with Crippen LogP contribution in [0.1, 0.15) is 12.8 Å². The first-order valence-corrected chi connectivity index (χ1v) is 5.30. The SMILES string of the molecule is O=C(CCl)N1CCC(O)C(CCF)C1. The van der Waals surface area contributed by atoms with Gasteiger partial charge < -0.3 is 10.0 Å². The lowest BCUT2D eigenvalue weighted by Crippen LogP contribution is -2.46. The van der Waals surface area contributed by atoms with E-state index in [0.29, 0.717) is 25.9 Å². The van der Waals surface area contributed by atoms with E-state index in [1.807, 2.05) is 0 Å². The summed E-state index contributed by atoms with van der Waals surface area (Å²) in [5.74, 6) is -0.318. The number of hydrogen-bond acceptors (Lipinski definition) is 2. The van der Waals surface area contributed by atoms with Crippen molar-refractivity contribution in [2.45, 2.75) is 18.9 Å². The topological polar surface area (TPSA) is 40.5 Å². The van der Waals surface area contributed by atoms with Gasteiger partial charge in [-0.25, -0.2) is 0 Å². The number of alkyl halides is 2. The Morgan fingerprint density at radius 1 is 1.64 bits per heavy atom. The first-order chi connectivity index (χ1) is 6.69. The normalized spacial score (nSPS) is 27.8. The van der Waals surface area contributed by atoms with Crippen molar-refractivity contribution in [3.63, 3.8) is 0 Å². The van der Waals surface area contributed by atoms with Crippen molar-refractivity contribution in [1.29, 1.82) is 0 Å². The number of hydrogen-bond donors (Lipinski definition) is 1. The third-order valence-electron chi connectivity index (χ3n) is 2.64. The molecule has 1 amide bonds. The van der Waals surface area contributed by atoms with Crippen molar-refractivity contribution in [2.75, 3.05) is 25.6 Å². The van der Waals surface area contributed by atoms with Crippen molar-refractivity contribution in [3.05, 3.63) is 0 Å². The maximum Gasteiger partial charge on any atom is 0.237 e. The quantitative estimate of drug-likeness (QED) is 0.719. The van der Waals surface area contributed by atoms with Gasteiger partial charge in [0.1, 0.15) is 5.88 Å². The van der Waals surface area contributed by atoms with Crippen molar-refractivity contribution in [3.8, 4) is 0 Å². The van der Waals surface area contributed by atoms with Gasteiger partial charge in [0.15, 0.2) is 0 Å². The van der Waals surface area contributed by atoms with Crippen LogP contribution in [0, 0.1) is 5.92 Å². The molecular formula is C9H15ClFNO2. The fourth-order valence-electron chi connectivity index (χ4n) is 1.75. The zero-order valence-electron chi connectivity index (χ0n) is 7.96.